The van der Waals surface area contributed by atoms with E-state index in [9.17, 15) is 30.3 Å². The van der Waals surface area contributed by atoms with E-state index in [2.05, 4.69) is 16.0 Å². The topological polar surface area (TPSA) is 184 Å². The van der Waals surface area contributed by atoms with Gasteiger partial charge in [0.2, 0.25) is 0 Å². The Hall–Kier alpha value is -1.82. The first-order valence-corrected chi connectivity index (χ1v) is 22.0. The van der Waals surface area contributed by atoms with Crippen LogP contribution in [0.25, 0.3) is 0 Å². The van der Waals surface area contributed by atoms with E-state index in [0.717, 1.165) is 24.9 Å². The van der Waals surface area contributed by atoms with Crippen molar-refractivity contribution in [3.8, 4) is 0 Å². The van der Waals surface area contributed by atoms with Gasteiger partial charge in [-0.3, -0.25) is 9.78 Å². The van der Waals surface area contributed by atoms with Crippen molar-refractivity contribution in [3.63, 3.8) is 0 Å². The number of carbonyl (C=O) groups is 1. The molecular weight excluding hydrogens is 759 g/mol. The molecule has 14 nitrogen and oxygen atoms in total. The molecule has 0 aliphatic carbocycles. The monoisotopic (exact) mass is 838 g/mol. The lowest BCUT2D eigenvalue weighted by atomic mass is 9.68. The fourth-order valence-electron chi connectivity index (χ4n) is 10.5. The molecule has 3 aliphatic rings. The Kier molecular flexibility index (Phi) is 17.4. The standard InChI is InChI=1S/C45H79N3O11/c1-14-35-45(10,54)38(50)30(6)48(12)25-26(2)22-43(8,53)40(28(4)36(29(5)41(52)58-35)34-23-44(9,55-13)39(51)31(7)57-34)59-42-37(49)33(21-27(3)56-42)47(11)20-16-18-32-17-15-19-46-24-32/h15,17,19,24,26-31,33-40,42,49-51,53-54H,14,16,18,20-23,25H2,1-13H3/t26-,27-,28+,29-,30-,31+,33+,34?,35-,36+,37-,38-,39+,40-,42+,43-,44-,45-/m1/s1. The van der Waals surface area contributed by atoms with Crippen LogP contribution in [0.2, 0.25) is 0 Å². The first kappa shape index (κ1) is 49.8. The molecule has 0 aromatic carbocycles. The van der Waals surface area contributed by atoms with Crippen LogP contribution in [-0.4, -0.2) is 165 Å². The molecule has 3 saturated heterocycles. The molecule has 5 N–H and O–H groups in total. The van der Waals surface area contributed by atoms with Crippen LogP contribution in [0.3, 0.4) is 0 Å². The van der Waals surface area contributed by atoms with Gasteiger partial charge in [0.15, 0.2) is 6.29 Å². The van der Waals surface area contributed by atoms with Gasteiger partial charge in [0.25, 0.3) is 0 Å². The number of carbonyl (C=O) groups excluding carboxylic acids is 1. The van der Waals surface area contributed by atoms with E-state index < -0.39 is 95.6 Å². The van der Waals surface area contributed by atoms with E-state index in [1.54, 1.807) is 41.0 Å². The number of esters is 1. The molecule has 0 saturated carbocycles. The number of hydrogen-bond donors (Lipinski definition) is 5. The molecule has 14 heteroatoms. The van der Waals surface area contributed by atoms with Crippen molar-refractivity contribution in [3.05, 3.63) is 30.1 Å². The number of cyclic esters (lactones) is 1. The highest BCUT2D eigenvalue weighted by Crippen LogP contribution is 2.45. The molecule has 1 aromatic rings. The summed E-state index contributed by atoms with van der Waals surface area (Å²) in [5, 5.41) is 59.5. The fourth-order valence-corrected chi connectivity index (χ4v) is 10.5. The Labute approximate surface area is 353 Å². The summed E-state index contributed by atoms with van der Waals surface area (Å²) < 4.78 is 32.0. The van der Waals surface area contributed by atoms with Gasteiger partial charge in [-0.15, -0.1) is 0 Å². The Morgan fingerprint density at radius 3 is 2.31 bits per heavy atom. The van der Waals surface area contributed by atoms with E-state index >= 15 is 0 Å². The van der Waals surface area contributed by atoms with Crippen LogP contribution in [0.5, 0.6) is 0 Å². The number of aryl methyl sites for hydroxylation is 1. The van der Waals surface area contributed by atoms with Crippen molar-refractivity contribution < 1.29 is 54.0 Å². The molecule has 59 heavy (non-hydrogen) atoms. The molecule has 0 radical (unpaired) electrons. The summed E-state index contributed by atoms with van der Waals surface area (Å²) in [7, 11) is 5.40. The summed E-state index contributed by atoms with van der Waals surface area (Å²) in [6.45, 7) is 19.3. The van der Waals surface area contributed by atoms with Gasteiger partial charge in [0, 0.05) is 50.5 Å². The van der Waals surface area contributed by atoms with Gasteiger partial charge in [0.1, 0.15) is 30.0 Å². The smallest absolute Gasteiger partial charge is 0.309 e. The molecule has 340 valence electrons. The highest BCUT2D eigenvalue weighted by molar-refractivity contribution is 5.73. The zero-order valence-corrected chi connectivity index (χ0v) is 38.2. The molecule has 0 amide bonds. The van der Waals surface area contributed by atoms with Gasteiger partial charge < -0.3 is 59.0 Å². The summed E-state index contributed by atoms with van der Waals surface area (Å²) in [4.78, 5) is 22.8. The van der Waals surface area contributed by atoms with Crippen LogP contribution < -0.4 is 0 Å². The summed E-state index contributed by atoms with van der Waals surface area (Å²) >= 11 is 0. The number of rotatable bonds is 10. The lowest BCUT2D eigenvalue weighted by Gasteiger charge is -2.51. The molecule has 4 rings (SSSR count). The van der Waals surface area contributed by atoms with Crippen molar-refractivity contribution in [2.45, 2.75) is 192 Å². The van der Waals surface area contributed by atoms with Gasteiger partial charge in [0.05, 0.1) is 41.5 Å². The summed E-state index contributed by atoms with van der Waals surface area (Å²) in [6.07, 6.45) is -1.44. The number of aromatic nitrogens is 1. The number of likely N-dealkylation sites (N-methyl/N-ethyl adjacent to an activating group) is 2. The van der Waals surface area contributed by atoms with Gasteiger partial charge in [-0.05, 0) is 118 Å². The zero-order valence-electron chi connectivity index (χ0n) is 38.2. The number of aliphatic hydroxyl groups is 5. The molecule has 3 aliphatic heterocycles. The van der Waals surface area contributed by atoms with Crippen molar-refractivity contribution in [1.82, 2.24) is 14.8 Å². The van der Waals surface area contributed by atoms with Crippen molar-refractivity contribution >= 4 is 5.97 Å². The average molecular weight is 838 g/mol. The van der Waals surface area contributed by atoms with E-state index in [0.29, 0.717) is 13.0 Å². The third kappa shape index (κ3) is 11.6. The van der Waals surface area contributed by atoms with Crippen LogP contribution in [-0.2, 0) is 34.9 Å². The maximum Gasteiger partial charge on any atom is 0.309 e. The predicted octanol–water partition coefficient (Wildman–Crippen LogP) is 3.57. The summed E-state index contributed by atoms with van der Waals surface area (Å²) in [5.41, 5.74) is -3.21. The van der Waals surface area contributed by atoms with Crippen LogP contribution >= 0.6 is 0 Å². The molecule has 3 fully saturated rings. The minimum absolute atomic E-state index is 0.138. The van der Waals surface area contributed by atoms with Crippen LogP contribution in [0.4, 0.5) is 0 Å². The number of pyridine rings is 1. The third-order valence-electron chi connectivity index (χ3n) is 14.2. The molecule has 4 heterocycles. The number of hydrogen-bond acceptors (Lipinski definition) is 14. The largest absolute Gasteiger partial charge is 0.459 e. The Balaban J connectivity index is 1.77. The number of nitrogens with zero attached hydrogens (tertiary/aromatic N) is 3. The van der Waals surface area contributed by atoms with Crippen LogP contribution in [0.1, 0.15) is 107 Å². The predicted molar refractivity (Wildman–Crippen MR) is 224 cm³/mol. The van der Waals surface area contributed by atoms with Gasteiger partial charge >= 0.3 is 5.97 Å². The first-order valence-electron chi connectivity index (χ1n) is 22.0. The minimum atomic E-state index is -1.79. The average Bonchev–Trinajstić information content (AvgIpc) is 3.17. The van der Waals surface area contributed by atoms with E-state index in [1.807, 2.05) is 65.9 Å². The zero-order chi connectivity index (χ0) is 44.2. The molecule has 0 spiro atoms. The van der Waals surface area contributed by atoms with Crippen molar-refractivity contribution in [1.29, 1.82) is 0 Å². The maximum absolute atomic E-state index is 14.5. The first-order chi connectivity index (χ1) is 27.5. The number of aliphatic hydroxyl groups excluding tert-OH is 3. The third-order valence-corrected chi connectivity index (χ3v) is 14.2. The van der Waals surface area contributed by atoms with Crippen LogP contribution in [0, 0.1) is 23.7 Å². The lowest BCUT2D eigenvalue weighted by Crippen LogP contribution is -2.62. The fraction of sp³-hybridized carbons (Fsp3) is 0.867. The highest BCUT2D eigenvalue weighted by atomic mass is 16.7. The minimum Gasteiger partial charge on any atom is -0.459 e. The lowest BCUT2D eigenvalue weighted by molar-refractivity contribution is -0.303. The molecular formula is C45H79N3O11. The van der Waals surface area contributed by atoms with E-state index in [-0.39, 0.29) is 37.3 Å². The van der Waals surface area contributed by atoms with Gasteiger partial charge in [-0.1, -0.05) is 33.8 Å². The van der Waals surface area contributed by atoms with E-state index in [1.165, 1.54) is 6.92 Å². The summed E-state index contributed by atoms with van der Waals surface area (Å²) in [6, 6.07) is 3.16. The second-order valence-corrected chi connectivity index (χ2v) is 19.2. The number of ether oxygens (including phenoxy) is 5. The Morgan fingerprint density at radius 1 is 1.02 bits per heavy atom. The molecule has 1 unspecified atom stereocenters. The second kappa shape index (κ2) is 20.6. The van der Waals surface area contributed by atoms with Gasteiger partial charge in [-0.2, -0.15) is 0 Å². The quantitative estimate of drug-likeness (QED) is 0.216. The second-order valence-electron chi connectivity index (χ2n) is 19.2. The summed E-state index contributed by atoms with van der Waals surface area (Å²) in [5.74, 6) is -2.96. The Bertz CT molecular complexity index is 1460. The number of methoxy groups -OCH3 is 1. The van der Waals surface area contributed by atoms with Crippen molar-refractivity contribution in [2.24, 2.45) is 23.7 Å². The van der Waals surface area contributed by atoms with Crippen molar-refractivity contribution in [2.75, 3.05) is 34.3 Å². The molecule has 18 atom stereocenters. The van der Waals surface area contributed by atoms with Crippen LogP contribution in [0.15, 0.2) is 24.5 Å². The van der Waals surface area contributed by atoms with E-state index in [4.69, 9.17) is 23.7 Å². The SMILES string of the molecule is CC[C@H]1OC(=O)[C@H](C)[C@@H](C2C[C@@](C)(OC)[C@@H](O)[C@H](C)O2)[C@H](C)[C@@H](O[C@@H]2O[C@H](C)C[C@H](N(C)CCCc3cccnc3)[C@H]2O)[C@](C)(O)C[C@@H](C)CN(C)[C@H](C)[C@@H](O)[C@]1(C)O. The normalized spacial score (nSPS) is 45.1. The van der Waals surface area contributed by atoms with Gasteiger partial charge in [-0.25, -0.2) is 0 Å². The maximum atomic E-state index is 14.5. The molecule has 1 aromatic heterocycles. The highest BCUT2D eigenvalue weighted by Gasteiger charge is 2.55. The Morgan fingerprint density at radius 2 is 1.69 bits per heavy atom. The molecule has 0 bridgehead atoms.